The fourth-order valence-electron chi connectivity index (χ4n) is 7.61. The van der Waals surface area contributed by atoms with Crippen molar-refractivity contribution < 1.29 is 13.9 Å². The summed E-state index contributed by atoms with van der Waals surface area (Å²) in [5.74, 6) is 1.78. The second-order valence-electron chi connectivity index (χ2n) is 13.2. The zero-order chi connectivity index (χ0) is 31.8. The molecular weight excluding hydrogens is 597 g/mol. The lowest BCUT2D eigenvalue weighted by Crippen LogP contribution is -2.41. The molecule has 1 aliphatic heterocycles. The molecule has 3 fully saturated rings. The Morgan fingerprint density at radius 1 is 1.09 bits per heavy atom. The van der Waals surface area contributed by atoms with Crippen molar-refractivity contribution in [3.63, 3.8) is 0 Å². The number of likely N-dealkylation sites (tertiary alicyclic amines) is 1. The quantitative estimate of drug-likeness (QED) is 0.256. The number of piperidine rings is 1. The van der Waals surface area contributed by atoms with Crippen LogP contribution in [0.5, 0.6) is 5.75 Å². The van der Waals surface area contributed by atoms with E-state index in [1.807, 2.05) is 35.5 Å². The Hall–Kier alpha value is -5.10. The van der Waals surface area contributed by atoms with Crippen LogP contribution in [-0.2, 0) is 13.1 Å². The van der Waals surface area contributed by atoms with Gasteiger partial charge in [0.05, 0.1) is 49.1 Å². The van der Waals surface area contributed by atoms with Gasteiger partial charge < -0.3 is 24.5 Å². The zero-order valence-electron chi connectivity index (χ0n) is 26.0. The predicted octanol–water partition coefficient (Wildman–Crippen LogP) is 4.80. The molecule has 3 atom stereocenters. The molecule has 2 saturated carbocycles. The van der Waals surface area contributed by atoms with E-state index in [1.165, 1.54) is 25.1 Å². The number of ether oxygens (including phenoxy) is 1. The highest BCUT2D eigenvalue weighted by Gasteiger charge is 2.47. The van der Waals surface area contributed by atoms with Crippen molar-refractivity contribution in [2.24, 2.45) is 17.6 Å². The maximum Gasteiger partial charge on any atom is 0.254 e. The monoisotopic (exact) mass is 631 g/mol. The molecule has 238 valence electrons. The summed E-state index contributed by atoms with van der Waals surface area (Å²) in [6.07, 6.45) is 12.6. The van der Waals surface area contributed by atoms with Gasteiger partial charge in [-0.15, -0.1) is 0 Å². The van der Waals surface area contributed by atoms with Crippen LogP contribution in [0.4, 0.5) is 4.39 Å². The minimum atomic E-state index is -0.432. The predicted molar refractivity (Wildman–Crippen MR) is 174 cm³/mol. The molecule has 5 aromatic heterocycles. The Balaban J connectivity index is 1.20. The molecule has 47 heavy (non-hydrogen) atoms. The highest BCUT2D eigenvalue weighted by Crippen LogP contribution is 2.40. The van der Waals surface area contributed by atoms with Crippen LogP contribution in [0.3, 0.4) is 0 Å². The summed E-state index contributed by atoms with van der Waals surface area (Å²) >= 11 is 0. The van der Waals surface area contributed by atoms with Gasteiger partial charge in [0.15, 0.2) is 5.82 Å². The Morgan fingerprint density at radius 3 is 2.74 bits per heavy atom. The highest BCUT2D eigenvalue weighted by atomic mass is 19.1. The number of nitrogens with two attached hydrogens (primary N) is 1. The van der Waals surface area contributed by atoms with E-state index < -0.39 is 5.82 Å². The largest absolute Gasteiger partial charge is 0.494 e. The summed E-state index contributed by atoms with van der Waals surface area (Å²) in [5, 5.41) is 5.55. The number of nitrogens with zero attached hydrogens (tertiary/aromatic N) is 8. The van der Waals surface area contributed by atoms with Gasteiger partial charge in [-0.1, -0.05) is 0 Å². The molecule has 2 N–H and O–H groups in total. The van der Waals surface area contributed by atoms with Crippen LogP contribution in [0, 0.1) is 17.7 Å². The van der Waals surface area contributed by atoms with Crippen LogP contribution in [0.15, 0.2) is 67.4 Å². The van der Waals surface area contributed by atoms with Crippen molar-refractivity contribution in [2.45, 2.75) is 50.9 Å². The molecule has 12 heteroatoms. The van der Waals surface area contributed by atoms with E-state index in [0.29, 0.717) is 47.4 Å². The number of rotatable bonds is 8. The number of hydrogen-bond donors (Lipinski definition) is 1. The number of imidazole rings is 1. The average molecular weight is 632 g/mol. The molecule has 6 heterocycles. The van der Waals surface area contributed by atoms with E-state index in [9.17, 15) is 9.18 Å². The van der Waals surface area contributed by atoms with Crippen LogP contribution >= 0.6 is 0 Å². The van der Waals surface area contributed by atoms with Gasteiger partial charge in [0, 0.05) is 60.1 Å². The third-order valence-electron chi connectivity index (χ3n) is 10.1. The van der Waals surface area contributed by atoms with Gasteiger partial charge in [0.2, 0.25) is 0 Å². The number of halogens is 1. The Kier molecular flexibility index (Phi) is 6.43. The molecule has 11 nitrogen and oxygen atoms in total. The summed E-state index contributed by atoms with van der Waals surface area (Å²) in [6.45, 7) is 1.94. The number of carbonyl (C=O) groups is 1. The third kappa shape index (κ3) is 4.69. The van der Waals surface area contributed by atoms with Crippen molar-refractivity contribution in [2.75, 3.05) is 13.7 Å². The van der Waals surface area contributed by atoms with E-state index >= 15 is 0 Å². The van der Waals surface area contributed by atoms with E-state index in [-0.39, 0.29) is 18.0 Å². The van der Waals surface area contributed by atoms with Gasteiger partial charge in [0.25, 0.3) is 5.91 Å². The number of aromatic nitrogens is 7. The van der Waals surface area contributed by atoms with Gasteiger partial charge in [0.1, 0.15) is 22.7 Å². The van der Waals surface area contributed by atoms with Gasteiger partial charge in [-0.3, -0.25) is 9.78 Å². The number of benzene rings is 1. The van der Waals surface area contributed by atoms with Crippen LogP contribution in [0.1, 0.15) is 41.6 Å². The molecule has 3 aliphatic rings. The molecule has 2 bridgehead atoms. The third-order valence-corrected chi connectivity index (χ3v) is 10.1. The first-order chi connectivity index (χ1) is 22.9. The minimum Gasteiger partial charge on any atom is -0.494 e. The Bertz CT molecular complexity index is 2180. The molecule has 0 spiro atoms. The van der Waals surface area contributed by atoms with Crippen molar-refractivity contribution >= 4 is 28.0 Å². The van der Waals surface area contributed by atoms with Crippen LogP contribution in [0.2, 0.25) is 0 Å². The number of pyridine rings is 2. The van der Waals surface area contributed by atoms with Gasteiger partial charge in [-0.2, -0.15) is 5.10 Å². The van der Waals surface area contributed by atoms with E-state index in [0.717, 1.165) is 53.0 Å². The van der Waals surface area contributed by atoms with Crippen molar-refractivity contribution in [1.29, 1.82) is 0 Å². The zero-order valence-corrected chi connectivity index (χ0v) is 26.0. The first kappa shape index (κ1) is 28.1. The molecule has 6 aromatic rings. The Labute approximate surface area is 269 Å². The molecule has 0 radical (unpaired) electrons. The normalized spacial score (nSPS) is 20.6. The first-order valence-corrected chi connectivity index (χ1v) is 16.2. The van der Waals surface area contributed by atoms with Crippen LogP contribution < -0.4 is 10.5 Å². The van der Waals surface area contributed by atoms with Crippen LogP contribution in [-0.4, -0.2) is 70.4 Å². The van der Waals surface area contributed by atoms with E-state index in [2.05, 4.69) is 31.3 Å². The van der Waals surface area contributed by atoms with Crippen molar-refractivity contribution in [3.05, 3.63) is 84.3 Å². The minimum absolute atomic E-state index is 0.0291. The molecule has 1 amide bonds. The summed E-state index contributed by atoms with van der Waals surface area (Å²) in [4.78, 5) is 29.8. The van der Waals surface area contributed by atoms with Crippen LogP contribution in [0.25, 0.3) is 39.3 Å². The molecular formula is C35H34FN9O2. The number of fused-ring (bicyclic) bond motifs is 4. The second-order valence-corrected chi connectivity index (χ2v) is 13.2. The van der Waals surface area contributed by atoms with Gasteiger partial charge in [-0.05, 0) is 67.9 Å². The number of carbonyl (C=O) groups excluding carboxylic acids is 1. The summed E-state index contributed by atoms with van der Waals surface area (Å²) < 4.78 is 26.0. The summed E-state index contributed by atoms with van der Waals surface area (Å²) in [6, 6.07) is 11.4. The lowest BCUT2D eigenvalue weighted by Gasteiger charge is -2.27. The lowest BCUT2D eigenvalue weighted by molar-refractivity contribution is 0.0700. The second kappa shape index (κ2) is 10.7. The number of methoxy groups -OCH3 is 1. The molecule has 1 aromatic carbocycles. The van der Waals surface area contributed by atoms with Gasteiger partial charge >= 0.3 is 0 Å². The smallest absolute Gasteiger partial charge is 0.254 e. The fourth-order valence-corrected chi connectivity index (χ4v) is 7.61. The SMILES string of the molecule is COc1cc(C(=O)N2CC3CCC2[C@@H]3N)cc2nc(-c3cc4cccnc4n3CC3CC3)n(Cc3cnn(-c4cncc(F)c4)c3)c12. The maximum absolute atomic E-state index is 14.0. The van der Waals surface area contributed by atoms with E-state index in [4.69, 9.17) is 20.4 Å². The lowest BCUT2D eigenvalue weighted by atomic mass is 10.1. The standard InChI is InChI=1S/C35H34FN9O2/c1-47-30-11-24(35(46)43-19-23-6-7-28(43)31(23)37)9-27-32(30)44(17-21-13-40-45(18-21)26-12-25(36)14-38-15-26)34(41-27)29-10-22-3-2-8-39-33(22)42(29)16-20-4-5-20/h2-3,8-15,18,20,23,28,31H,4-7,16-17,19,37H2,1H3/t23?,28?,31-/m1/s1. The number of amides is 1. The average Bonchev–Trinajstić information content (AvgIpc) is 3.39. The summed E-state index contributed by atoms with van der Waals surface area (Å²) in [5.41, 5.74) is 11.7. The Morgan fingerprint density at radius 2 is 1.98 bits per heavy atom. The molecule has 9 rings (SSSR count). The topological polar surface area (TPSA) is 122 Å². The molecule has 1 saturated heterocycles. The summed E-state index contributed by atoms with van der Waals surface area (Å²) in [7, 11) is 1.62. The molecule has 2 unspecified atom stereocenters. The van der Waals surface area contributed by atoms with Gasteiger partial charge in [-0.25, -0.2) is 19.0 Å². The van der Waals surface area contributed by atoms with Crippen molar-refractivity contribution in [1.82, 2.24) is 38.8 Å². The first-order valence-electron chi connectivity index (χ1n) is 16.2. The van der Waals surface area contributed by atoms with E-state index in [1.54, 1.807) is 24.2 Å². The fraction of sp³-hybridized carbons (Fsp3) is 0.343. The maximum atomic E-state index is 14.0. The molecule has 2 aliphatic carbocycles. The number of hydrogen-bond acceptors (Lipinski definition) is 7. The van der Waals surface area contributed by atoms with Crippen molar-refractivity contribution in [3.8, 4) is 23.0 Å². The highest BCUT2D eigenvalue weighted by molar-refractivity contribution is 6.00.